The van der Waals surface area contributed by atoms with Crippen molar-refractivity contribution in [2.45, 2.75) is 104 Å². The number of hydrogen-bond acceptors (Lipinski definition) is 3. The van der Waals surface area contributed by atoms with Crippen molar-refractivity contribution in [2.75, 3.05) is 31.2 Å². The van der Waals surface area contributed by atoms with Gasteiger partial charge in [-0.25, -0.2) is 0 Å². The largest absolute Gasteiger partial charge is 0.480 e. The van der Waals surface area contributed by atoms with Crippen LogP contribution in [0.1, 0.15) is 98.3 Å². The van der Waals surface area contributed by atoms with Crippen LogP contribution in [0.2, 0.25) is 0 Å². The number of rotatable bonds is 17. The van der Waals surface area contributed by atoms with Gasteiger partial charge < -0.3 is 16.6 Å². The molecule has 0 bridgehead atoms. The monoisotopic (exact) mass is 405 g/mol. The van der Waals surface area contributed by atoms with Crippen LogP contribution in [0.15, 0.2) is 0 Å². The minimum atomic E-state index is -0.933. The number of nitrogens with two attached hydrogens (primary N) is 2. The molecule has 0 rings (SSSR count). The molecule has 5 N–H and O–H groups in total. The Morgan fingerprint density at radius 1 is 0.778 bits per heavy atom. The molecule has 27 heavy (non-hydrogen) atoms. The first-order valence-electron chi connectivity index (χ1n) is 11.5. The van der Waals surface area contributed by atoms with E-state index in [2.05, 4.69) is 27.7 Å². The highest BCUT2D eigenvalue weighted by atomic mass is 31.2. The molecule has 0 fully saturated rings. The molecule has 0 aromatic heterocycles. The van der Waals surface area contributed by atoms with Gasteiger partial charge in [0.2, 0.25) is 0 Å². The summed E-state index contributed by atoms with van der Waals surface area (Å²) in [6.07, 6.45) is 20.1. The number of carboxylic acid groups (broad SMARTS) is 1. The topological polar surface area (TPSA) is 89.3 Å². The average molecular weight is 406 g/mol. The predicted molar refractivity (Wildman–Crippen MR) is 125 cm³/mol. The molecule has 0 aromatic carbocycles. The van der Waals surface area contributed by atoms with Crippen molar-refractivity contribution in [3.05, 3.63) is 0 Å². The van der Waals surface area contributed by atoms with E-state index >= 15 is 0 Å². The SMILES string of the molecule is CCCC[P+](CCCC)(CCCC)CCCC.NCCCC[C@H](N)C(=O)O. The van der Waals surface area contributed by atoms with Crippen LogP contribution in [0.5, 0.6) is 0 Å². The number of hydrogen-bond donors (Lipinski definition) is 3. The van der Waals surface area contributed by atoms with Crippen LogP contribution in [-0.4, -0.2) is 48.3 Å². The first-order valence-corrected chi connectivity index (χ1v) is 14.0. The molecule has 0 spiro atoms. The maximum atomic E-state index is 10.1. The second kappa shape index (κ2) is 20.6. The Balaban J connectivity index is 0. The molecule has 0 heterocycles. The molecule has 0 aliphatic carbocycles. The smallest absolute Gasteiger partial charge is 0.320 e. The molecule has 0 aromatic rings. The maximum Gasteiger partial charge on any atom is 0.320 e. The van der Waals surface area contributed by atoms with E-state index in [1.807, 2.05) is 0 Å². The molecule has 0 saturated heterocycles. The van der Waals surface area contributed by atoms with Gasteiger partial charge in [-0.05, 0) is 45.1 Å². The summed E-state index contributed by atoms with van der Waals surface area (Å²) in [7, 11) is -0.562. The van der Waals surface area contributed by atoms with E-state index in [0.717, 1.165) is 12.8 Å². The Morgan fingerprint density at radius 3 is 1.41 bits per heavy atom. The molecule has 5 heteroatoms. The molecular weight excluding hydrogens is 355 g/mol. The van der Waals surface area contributed by atoms with Crippen LogP contribution < -0.4 is 11.5 Å². The van der Waals surface area contributed by atoms with Crippen molar-refractivity contribution in [1.29, 1.82) is 0 Å². The predicted octanol–water partition coefficient (Wildman–Crippen LogP) is 5.73. The fourth-order valence-corrected chi connectivity index (χ4v) is 8.57. The molecule has 164 valence electrons. The van der Waals surface area contributed by atoms with Gasteiger partial charge in [0.1, 0.15) is 6.04 Å². The van der Waals surface area contributed by atoms with Gasteiger partial charge in [0.05, 0.1) is 24.6 Å². The number of unbranched alkanes of at least 4 members (excludes halogenated alkanes) is 5. The van der Waals surface area contributed by atoms with Crippen LogP contribution in [0.25, 0.3) is 0 Å². The average Bonchev–Trinajstić information content (AvgIpc) is 2.67. The van der Waals surface area contributed by atoms with Gasteiger partial charge in [-0.2, -0.15) is 0 Å². The first kappa shape index (κ1) is 29.0. The number of aliphatic carboxylic acids is 1. The third kappa shape index (κ3) is 17.6. The molecule has 1 atom stereocenters. The second-order valence-corrected chi connectivity index (χ2v) is 12.4. The van der Waals surface area contributed by atoms with Crippen molar-refractivity contribution < 1.29 is 9.90 Å². The molecule has 0 amide bonds. The Kier molecular flexibility index (Phi) is 22.1. The Labute approximate surface area is 170 Å². The van der Waals surface area contributed by atoms with Crippen molar-refractivity contribution in [1.82, 2.24) is 0 Å². The lowest BCUT2D eigenvalue weighted by atomic mass is 10.1. The summed E-state index contributed by atoms with van der Waals surface area (Å²) in [5, 5.41) is 8.33. The van der Waals surface area contributed by atoms with E-state index < -0.39 is 19.3 Å². The van der Waals surface area contributed by atoms with E-state index in [1.165, 1.54) is 51.4 Å². The molecule has 0 unspecified atom stereocenters. The fraction of sp³-hybridized carbons (Fsp3) is 0.955. The van der Waals surface area contributed by atoms with E-state index in [-0.39, 0.29) is 0 Å². The quantitative estimate of drug-likeness (QED) is 0.213. The molecule has 0 saturated carbocycles. The summed E-state index contributed by atoms with van der Waals surface area (Å²) in [6, 6.07) is -0.716. The second-order valence-electron chi connectivity index (χ2n) is 7.88. The van der Waals surface area contributed by atoms with Crippen LogP contribution in [0, 0.1) is 0 Å². The zero-order valence-corrected chi connectivity index (χ0v) is 19.7. The van der Waals surface area contributed by atoms with Gasteiger partial charge in [0, 0.05) is 7.26 Å². The van der Waals surface area contributed by atoms with Crippen molar-refractivity contribution in [3.63, 3.8) is 0 Å². The molecule has 4 nitrogen and oxygen atoms in total. The van der Waals surface area contributed by atoms with Crippen molar-refractivity contribution >= 4 is 13.2 Å². The van der Waals surface area contributed by atoms with E-state index in [1.54, 1.807) is 24.6 Å². The zero-order chi connectivity index (χ0) is 21.0. The van der Waals surface area contributed by atoms with Gasteiger partial charge in [-0.15, -0.1) is 0 Å². The van der Waals surface area contributed by atoms with E-state index in [4.69, 9.17) is 16.6 Å². The zero-order valence-electron chi connectivity index (χ0n) is 18.8. The lowest BCUT2D eigenvalue weighted by Gasteiger charge is -2.28. The standard InChI is InChI=1S/C16H36P.C6H14N2O2/c1-5-9-13-17(14-10-6-2,15-11-7-3)16-12-8-4;7-4-2-1-3-5(8)6(9)10/h5-16H2,1-4H3;5H,1-4,7-8H2,(H,9,10)/q+1;/t;5-/m.0/s1. The summed E-state index contributed by atoms with van der Waals surface area (Å²) in [5.41, 5.74) is 10.4. The van der Waals surface area contributed by atoms with Gasteiger partial charge in [0.15, 0.2) is 0 Å². The summed E-state index contributed by atoms with van der Waals surface area (Å²) < 4.78 is 0. The number of carboxylic acids is 1. The Bertz CT molecular complexity index is 290. The molecular formula is C22H50N2O2P+. The Hall–Kier alpha value is -0.180. The number of carbonyl (C=O) groups is 1. The van der Waals surface area contributed by atoms with Gasteiger partial charge >= 0.3 is 5.97 Å². The van der Waals surface area contributed by atoms with Crippen LogP contribution >= 0.6 is 7.26 Å². The van der Waals surface area contributed by atoms with Crippen molar-refractivity contribution in [2.24, 2.45) is 11.5 Å². The minimum absolute atomic E-state index is 0.520. The molecule has 0 aliphatic heterocycles. The molecule has 0 aliphatic rings. The lowest BCUT2D eigenvalue weighted by molar-refractivity contribution is -0.138. The molecule has 0 radical (unpaired) electrons. The highest BCUT2D eigenvalue weighted by Gasteiger charge is 2.34. The van der Waals surface area contributed by atoms with Crippen LogP contribution in [0.4, 0.5) is 0 Å². The summed E-state index contributed by atoms with van der Waals surface area (Å²) >= 11 is 0. The van der Waals surface area contributed by atoms with E-state index in [0.29, 0.717) is 13.0 Å². The maximum absolute atomic E-state index is 10.1. The van der Waals surface area contributed by atoms with Crippen molar-refractivity contribution in [3.8, 4) is 0 Å². The lowest BCUT2D eigenvalue weighted by Crippen LogP contribution is -2.29. The minimum Gasteiger partial charge on any atom is -0.480 e. The normalized spacial score (nSPS) is 12.4. The summed E-state index contributed by atoms with van der Waals surface area (Å²) in [5.74, 6) is -0.933. The third-order valence-electron chi connectivity index (χ3n) is 5.23. The van der Waals surface area contributed by atoms with Gasteiger partial charge in [-0.1, -0.05) is 59.8 Å². The summed E-state index contributed by atoms with van der Waals surface area (Å²) in [6.45, 7) is 10.0. The third-order valence-corrected chi connectivity index (χ3v) is 10.3. The Morgan fingerprint density at radius 2 is 1.15 bits per heavy atom. The van der Waals surface area contributed by atoms with Crippen LogP contribution in [-0.2, 0) is 4.79 Å². The van der Waals surface area contributed by atoms with Gasteiger partial charge in [0.25, 0.3) is 0 Å². The fourth-order valence-electron chi connectivity index (χ4n) is 3.28. The highest BCUT2D eigenvalue weighted by molar-refractivity contribution is 7.75. The van der Waals surface area contributed by atoms with Crippen LogP contribution in [0.3, 0.4) is 0 Å². The van der Waals surface area contributed by atoms with E-state index in [9.17, 15) is 4.79 Å². The first-order chi connectivity index (χ1) is 12.9. The highest BCUT2D eigenvalue weighted by Crippen LogP contribution is 2.61. The van der Waals surface area contributed by atoms with Gasteiger partial charge in [-0.3, -0.25) is 4.79 Å². The summed E-state index contributed by atoms with van der Waals surface area (Å²) in [4.78, 5) is 10.1.